The number of hydrogen-bond acceptors (Lipinski definition) is 3. The molecule has 4 heteroatoms. The van der Waals surface area contributed by atoms with Gasteiger partial charge in [0.15, 0.2) is 0 Å². The van der Waals surface area contributed by atoms with Crippen molar-refractivity contribution in [2.45, 2.75) is 20.4 Å². The van der Waals surface area contributed by atoms with E-state index in [2.05, 4.69) is 10.3 Å². The zero-order chi connectivity index (χ0) is 12.0. The maximum absolute atomic E-state index is 11.5. The number of hydrogen-bond donors (Lipinski definition) is 1. The molecular formula is C12H19N3O. The number of carbonyl (C=O) groups is 1. The van der Waals surface area contributed by atoms with Crippen molar-refractivity contribution < 1.29 is 4.79 Å². The second kappa shape index (κ2) is 6.23. The first-order valence-electron chi connectivity index (χ1n) is 5.50. The number of nitrogens with zero attached hydrogens (tertiary/aromatic N) is 2. The molecule has 4 nitrogen and oxygen atoms in total. The van der Waals surface area contributed by atoms with Gasteiger partial charge in [-0.3, -0.25) is 9.78 Å². The van der Waals surface area contributed by atoms with Crippen LogP contribution in [0.5, 0.6) is 0 Å². The third kappa shape index (κ3) is 3.98. The second-order valence-corrected chi connectivity index (χ2v) is 3.78. The molecular weight excluding hydrogens is 202 g/mol. The van der Waals surface area contributed by atoms with Gasteiger partial charge in [-0.2, -0.15) is 0 Å². The van der Waals surface area contributed by atoms with Crippen LogP contribution in [0, 0.1) is 6.92 Å². The molecule has 0 atom stereocenters. The van der Waals surface area contributed by atoms with Crippen molar-refractivity contribution in [2.24, 2.45) is 0 Å². The third-order valence-corrected chi connectivity index (χ3v) is 2.43. The van der Waals surface area contributed by atoms with Gasteiger partial charge in [-0.15, -0.1) is 0 Å². The lowest BCUT2D eigenvalue weighted by Crippen LogP contribution is -2.35. The Hall–Kier alpha value is -1.42. The molecule has 0 aliphatic heterocycles. The normalized spacial score (nSPS) is 10.2. The van der Waals surface area contributed by atoms with Gasteiger partial charge in [0.25, 0.3) is 0 Å². The van der Waals surface area contributed by atoms with E-state index in [4.69, 9.17) is 0 Å². The van der Waals surface area contributed by atoms with Crippen molar-refractivity contribution in [3.8, 4) is 0 Å². The van der Waals surface area contributed by atoms with E-state index in [1.54, 1.807) is 11.9 Å². The maximum Gasteiger partial charge on any atom is 0.236 e. The van der Waals surface area contributed by atoms with Gasteiger partial charge in [-0.1, -0.05) is 6.07 Å². The molecule has 0 unspecified atom stereocenters. The molecule has 0 saturated carbocycles. The van der Waals surface area contributed by atoms with E-state index in [1.165, 1.54) is 0 Å². The molecule has 0 aliphatic carbocycles. The van der Waals surface area contributed by atoms with Crippen molar-refractivity contribution in [3.63, 3.8) is 0 Å². The molecule has 0 spiro atoms. The lowest BCUT2D eigenvalue weighted by atomic mass is 10.3. The Labute approximate surface area is 96.7 Å². The van der Waals surface area contributed by atoms with Crippen molar-refractivity contribution in [1.29, 1.82) is 0 Å². The molecule has 1 N–H and O–H groups in total. The lowest BCUT2D eigenvalue weighted by molar-refractivity contribution is -0.128. The van der Waals surface area contributed by atoms with Crippen molar-refractivity contribution in [3.05, 3.63) is 29.6 Å². The minimum absolute atomic E-state index is 0.107. The van der Waals surface area contributed by atoms with Gasteiger partial charge >= 0.3 is 0 Å². The van der Waals surface area contributed by atoms with Gasteiger partial charge in [0.2, 0.25) is 5.91 Å². The summed E-state index contributed by atoms with van der Waals surface area (Å²) in [5.74, 6) is 0.107. The highest BCUT2D eigenvalue weighted by Crippen LogP contribution is 1.97. The quantitative estimate of drug-likeness (QED) is 0.805. The van der Waals surface area contributed by atoms with E-state index in [1.807, 2.05) is 32.0 Å². The summed E-state index contributed by atoms with van der Waals surface area (Å²) in [5.41, 5.74) is 1.96. The first-order valence-corrected chi connectivity index (χ1v) is 5.50. The number of amides is 1. The monoisotopic (exact) mass is 221 g/mol. The van der Waals surface area contributed by atoms with Crippen LogP contribution in [0.3, 0.4) is 0 Å². The van der Waals surface area contributed by atoms with E-state index < -0.39 is 0 Å². The van der Waals surface area contributed by atoms with Crippen LogP contribution in [0.4, 0.5) is 0 Å². The number of likely N-dealkylation sites (N-methyl/N-ethyl adjacent to an activating group) is 1. The minimum atomic E-state index is 0.107. The number of aryl methyl sites for hydroxylation is 1. The average molecular weight is 221 g/mol. The summed E-state index contributed by atoms with van der Waals surface area (Å²) in [6.07, 6.45) is 0. The third-order valence-electron chi connectivity index (χ3n) is 2.43. The van der Waals surface area contributed by atoms with Crippen LogP contribution in [0.25, 0.3) is 0 Å². The highest BCUT2D eigenvalue weighted by molar-refractivity contribution is 5.77. The first-order chi connectivity index (χ1) is 7.63. The van der Waals surface area contributed by atoms with Crippen molar-refractivity contribution in [1.82, 2.24) is 15.2 Å². The topological polar surface area (TPSA) is 45.2 Å². The number of pyridine rings is 1. The molecule has 1 rings (SSSR count). The Morgan fingerprint density at radius 2 is 2.25 bits per heavy atom. The van der Waals surface area contributed by atoms with Crippen LogP contribution < -0.4 is 5.32 Å². The van der Waals surface area contributed by atoms with Crippen molar-refractivity contribution >= 4 is 5.91 Å². The van der Waals surface area contributed by atoms with Gasteiger partial charge in [0.05, 0.1) is 12.2 Å². The predicted octanol–water partition coefficient (Wildman–Crippen LogP) is 0.958. The first kappa shape index (κ1) is 12.6. The Bertz CT molecular complexity index is 352. The molecule has 0 fully saturated rings. The average Bonchev–Trinajstić information content (AvgIpc) is 2.28. The molecule has 0 aliphatic rings. The lowest BCUT2D eigenvalue weighted by Gasteiger charge is -2.14. The van der Waals surface area contributed by atoms with Crippen LogP contribution in [0.15, 0.2) is 18.2 Å². The summed E-state index contributed by atoms with van der Waals surface area (Å²) in [5, 5.41) is 3.09. The highest BCUT2D eigenvalue weighted by atomic mass is 16.2. The molecule has 1 amide bonds. The minimum Gasteiger partial charge on any atom is -0.345 e. The van der Waals surface area contributed by atoms with Crippen LogP contribution in [0.1, 0.15) is 18.3 Å². The number of nitrogens with one attached hydrogen (secondary N) is 1. The molecule has 1 heterocycles. The Kier molecular flexibility index (Phi) is 4.92. The van der Waals surface area contributed by atoms with Crippen molar-refractivity contribution in [2.75, 3.05) is 20.1 Å². The van der Waals surface area contributed by atoms with Crippen LogP contribution >= 0.6 is 0 Å². The van der Waals surface area contributed by atoms with Gasteiger partial charge in [0, 0.05) is 25.8 Å². The summed E-state index contributed by atoms with van der Waals surface area (Å²) in [7, 11) is 1.80. The summed E-state index contributed by atoms with van der Waals surface area (Å²) < 4.78 is 0. The Morgan fingerprint density at radius 3 is 2.88 bits per heavy atom. The van der Waals surface area contributed by atoms with Crippen LogP contribution in [-0.2, 0) is 11.3 Å². The maximum atomic E-state index is 11.5. The number of aromatic nitrogens is 1. The van der Waals surface area contributed by atoms with Gasteiger partial charge in [0.1, 0.15) is 0 Å². The van der Waals surface area contributed by atoms with Gasteiger partial charge in [-0.05, 0) is 26.0 Å². The second-order valence-electron chi connectivity index (χ2n) is 3.78. The smallest absolute Gasteiger partial charge is 0.236 e. The summed E-state index contributed by atoms with van der Waals surface area (Å²) in [4.78, 5) is 17.5. The largest absolute Gasteiger partial charge is 0.345 e. The van der Waals surface area contributed by atoms with E-state index in [-0.39, 0.29) is 5.91 Å². The molecule has 1 aromatic heterocycles. The molecule has 0 aromatic carbocycles. The zero-order valence-corrected chi connectivity index (χ0v) is 10.2. The predicted molar refractivity (Wildman–Crippen MR) is 64.0 cm³/mol. The molecule has 16 heavy (non-hydrogen) atoms. The highest BCUT2D eigenvalue weighted by Gasteiger charge is 2.05. The Morgan fingerprint density at radius 1 is 1.50 bits per heavy atom. The van der Waals surface area contributed by atoms with E-state index in [0.717, 1.165) is 17.9 Å². The van der Waals surface area contributed by atoms with Gasteiger partial charge < -0.3 is 10.2 Å². The fraction of sp³-hybridized carbons (Fsp3) is 0.500. The summed E-state index contributed by atoms with van der Waals surface area (Å²) in [6.45, 7) is 5.65. The zero-order valence-electron chi connectivity index (χ0n) is 10.2. The van der Waals surface area contributed by atoms with E-state index in [9.17, 15) is 4.79 Å². The van der Waals surface area contributed by atoms with Gasteiger partial charge in [-0.25, -0.2) is 0 Å². The number of rotatable bonds is 5. The fourth-order valence-corrected chi connectivity index (χ4v) is 1.31. The number of carbonyl (C=O) groups excluding carboxylic acids is 1. The van der Waals surface area contributed by atoms with Crippen LogP contribution in [0.2, 0.25) is 0 Å². The summed E-state index contributed by atoms with van der Waals surface area (Å²) in [6, 6.07) is 5.88. The molecule has 0 saturated heterocycles. The SMILES string of the molecule is CCN(C)C(=O)CNCc1cccc(C)n1. The molecule has 1 aromatic rings. The molecule has 0 radical (unpaired) electrons. The standard InChI is InChI=1S/C12H19N3O/c1-4-15(3)12(16)9-13-8-11-7-5-6-10(2)14-11/h5-7,13H,4,8-9H2,1-3H3. The van der Waals surface area contributed by atoms with E-state index >= 15 is 0 Å². The fourth-order valence-electron chi connectivity index (χ4n) is 1.31. The Balaban J connectivity index is 2.33. The molecule has 0 bridgehead atoms. The van der Waals surface area contributed by atoms with E-state index in [0.29, 0.717) is 13.1 Å². The summed E-state index contributed by atoms with van der Waals surface area (Å²) >= 11 is 0. The molecule has 88 valence electrons. The van der Waals surface area contributed by atoms with Crippen LogP contribution in [-0.4, -0.2) is 35.9 Å².